The first-order valence-electron chi connectivity index (χ1n) is 6.32. The SMILES string of the molecule is CCC1C(C)CCN1S(=O)(=O)c1cn[nH]c1C(F)(F)F. The summed E-state index contributed by atoms with van der Waals surface area (Å²) in [4.78, 5) is -0.794. The fourth-order valence-electron chi connectivity index (χ4n) is 2.68. The second-order valence-electron chi connectivity index (χ2n) is 4.96. The number of hydrogen-bond acceptors (Lipinski definition) is 3. The molecule has 0 spiro atoms. The topological polar surface area (TPSA) is 66.1 Å². The van der Waals surface area contributed by atoms with Crippen LogP contribution in [0.2, 0.25) is 0 Å². The highest BCUT2D eigenvalue weighted by Gasteiger charge is 2.45. The number of sulfonamides is 1. The lowest BCUT2D eigenvalue weighted by Gasteiger charge is -2.25. The Morgan fingerprint density at radius 1 is 1.50 bits per heavy atom. The van der Waals surface area contributed by atoms with Gasteiger partial charge in [-0.1, -0.05) is 13.8 Å². The van der Waals surface area contributed by atoms with Crippen molar-refractivity contribution in [1.29, 1.82) is 0 Å². The molecule has 0 radical (unpaired) electrons. The van der Waals surface area contributed by atoms with E-state index in [1.54, 1.807) is 5.10 Å². The average molecular weight is 311 g/mol. The molecule has 20 heavy (non-hydrogen) atoms. The number of rotatable bonds is 3. The third-order valence-electron chi connectivity index (χ3n) is 3.72. The van der Waals surface area contributed by atoms with Crippen molar-refractivity contribution in [2.24, 2.45) is 5.92 Å². The summed E-state index contributed by atoms with van der Waals surface area (Å²) in [6.07, 6.45) is -2.82. The molecule has 0 aliphatic carbocycles. The van der Waals surface area contributed by atoms with E-state index in [9.17, 15) is 21.6 Å². The summed E-state index contributed by atoms with van der Waals surface area (Å²) in [5.41, 5.74) is -1.31. The Bertz CT molecular complexity index is 582. The molecule has 1 fully saturated rings. The molecule has 0 saturated carbocycles. The number of halogens is 3. The van der Waals surface area contributed by atoms with Crippen molar-refractivity contribution in [3.05, 3.63) is 11.9 Å². The van der Waals surface area contributed by atoms with Crippen LogP contribution in [0.15, 0.2) is 11.1 Å². The summed E-state index contributed by atoms with van der Waals surface area (Å²) in [5.74, 6) is 0.135. The summed E-state index contributed by atoms with van der Waals surface area (Å²) in [5, 5.41) is 4.98. The molecule has 114 valence electrons. The lowest BCUT2D eigenvalue weighted by atomic mass is 10.0. The molecule has 1 aliphatic rings. The van der Waals surface area contributed by atoms with Gasteiger partial charge in [-0.2, -0.15) is 22.6 Å². The van der Waals surface area contributed by atoms with Crippen LogP contribution in [0.4, 0.5) is 13.2 Å². The molecule has 1 aromatic heterocycles. The predicted octanol–water partition coefficient (Wildman–Crippen LogP) is 2.24. The Morgan fingerprint density at radius 2 is 2.15 bits per heavy atom. The van der Waals surface area contributed by atoms with Crippen molar-refractivity contribution in [3.8, 4) is 0 Å². The number of aromatic amines is 1. The van der Waals surface area contributed by atoms with Gasteiger partial charge in [0.15, 0.2) is 5.69 Å². The number of nitrogens with zero attached hydrogens (tertiary/aromatic N) is 2. The maximum atomic E-state index is 12.8. The van der Waals surface area contributed by atoms with Crippen molar-refractivity contribution < 1.29 is 21.6 Å². The minimum absolute atomic E-state index is 0.135. The van der Waals surface area contributed by atoms with Crippen LogP contribution in [0.5, 0.6) is 0 Å². The van der Waals surface area contributed by atoms with Crippen LogP contribution < -0.4 is 0 Å². The van der Waals surface area contributed by atoms with Gasteiger partial charge >= 0.3 is 6.18 Å². The van der Waals surface area contributed by atoms with Crippen LogP contribution in [0.1, 0.15) is 32.4 Å². The third kappa shape index (κ3) is 2.44. The highest BCUT2D eigenvalue weighted by atomic mass is 32.2. The first-order valence-corrected chi connectivity index (χ1v) is 7.76. The number of alkyl halides is 3. The van der Waals surface area contributed by atoms with E-state index in [0.717, 1.165) is 10.5 Å². The van der Waals surface area contributed by atoms with E-state index in [-0.39, 0.29) is 18.5 Å². The van der Waals surface area contributed by atoms with Crippen LogP contribution in [0, 0.1) is 5.92 Å². The maximum absolute atomic E-state index is 12.8. The van der Waals surface area contributed by atoms with Crippen molar-refractivity contribution in [1.82, 2.24) is 14.5 Å². The van der Waals surface area contributed by atoms with E-state index in [2.05, 4.69) is 5.10 Å². The normalized spacial score (nSPS) is 25.2. The second kappa shape index (κ2) is 5.03. The Morgan fingerprint density at radius 3 is 2.70 bits per heavy atom. The quantitative estimate of drug-likeness (QED) is 0.931. The number of hydrogen-bond donors (Lipinski definition) is 1. The van der Waals surface area contributed by atoms with E-state index in [0.29, 0.717) is 12.8 Å². The lowest BCUT2D eigenvalue weighted by molar-refractivity contribution is -0.143. The maximum Gasteiger partial charge on any atom is 0.434 e. The van der Waals surface area contributed by atoms with Gasteiger partial charge in [0.25, 0.3) is 0 Å². The van der Waals surface area contributed by atoms with E-state index < -0.39 is 26.8 Å². The van der Waals surface area contributed by atoms with Gasteiger partial charge in [0, 0.05) is 12.6 Å². The van der Waals surface area contributed by atoms with E-state index >= 15 is 0 Å². The fraction of sp³-hybridized carbons (Fsp3) is 0.727. The molecule has 2 rings (SSSR count). The van der Waals surface area contributed by atoms with Crippen molar-refractivity contribution in [2.75, 3.05) is 6.54 Å². The highest BCUT2D eigenvalue weighted by Crippen LogP contribution is 2.37. The largest absolute Gasteiger partial charge is 0.434 e. The monoisotopic (exact) mass is 311 g/mol. The zero-order valence-electron chi connectivity index (χ0n) is 11.1. The van der Waals surface area contributed by atoms with Gasteiger partial charge in [-0.3, -0.25) is 5.10 Å². The van der Waals surface area contributed by atoms with Gasteiger partial charge in [-0.25, -0.2) is 8.42 Å². The Kier molecular flexibility index (Phi) is 3.85. The van der Waals surface area contributed by atoms with Gasteiger partial charge in [0.2, 0.25) is 10.0 Å². The molecule has 5 nitrogen and oxygen atoms in total. The van der Waals surface area contributed by atoms with Gasteiger partial charge < -0.3 is 0 Å². The van der Waals surface area contributed by atoms with Gasteiger partial charge in [-0.15, -0.1) is 0 Å². The standard InChI is InChI=1S/C11H16F3N3O2S/c1-3-8-7(2)4-5-17(8)20(18,19)9-6-15-16-10(9)11(12,13)14/h6-8H,3-5H2,1-2H3,(H,15,16). The highest BCUT2D eigenvalue weighted by molar-refractivity contribution is 7.89. The first-order chi connectivity index (χ1) is 9.19. The third-order valence-corrected chi connectivity index (χ3v) is 5.66. The summed E-state index contributed by atoms with van der Waals surface area (Å²) < 4.78 is 64.5. The molecular weight excluding hydrogens is 295 g/mol. The van der Waals surface area contributed by atoms with Crippen LogP contribution >= 0.6 is 0 Å². The molecule has 9 heteroatoms. The number of H-pyrrole nitrogens is 1. The van der Waals surface area contributed by atoms with Crippen LogP contribution in [0.25, 0.3) is 0 Å². The minimum atomic E-state index is -4.77. The zero-order valence-corrected chi connectivity index (χ0v) is 11.9. The summed E-state index contributed by atoms with van der Waals surface area (Å²) in [7, 11) is -4.18. The van der Waals surface area contributed by atoms with Crippen LogP contribution in [-0.2, 0) is 16.2 Å². The molecule has 0 bridgehead atoms. The number of nitrogens with one attached hydrogen (secondary N) is 1. The second-order valence-corrected chi connectivity index (χ2v) is 6.82. The van der Waals surface area contributed by atoms with Crippen LogP contribution in [-0.4, -0.2) is 35.5 Å². The molecule has 1 aromatic rings. The van der Waals surface area contributed by atoms with Gasteiger partial charge in [0.05, 0.1) is 6.20 Å². The molecule has 1 aliphatic heterocycles. The van der Waals surface area contributed by atoms with Crippen molar-refractivity contribution in [3.63, 3.8) is 0 Å². The zero-order chi connectivity index (χ0) is 15.1. The lowest BCUT2D eigenvalue weighted by Crippen LogP contribution is -2.37. The molecule has 1 saturated heterocycles. The molecular formula is C11H16F3N3O2S. The summed E-state index contributed by atoms with van der Waals surface area (Å²) in [6.45, 7) is 3.98. The Balaban J connectivity index is 2.44. The Labute approximate surface area is 115 Å². The number of aromatic nitrogens is 2. The van der Waals surface area contributed by atoms with Crippen molar-refractivity contribution >= 4 is 10.0 Å². The van der Waals surface area contributed by atoms with E-state index in [1.165, 1.54) is 0 Å². The Hall–Kier alpha value is -1.09. The average Bonchev–Trinajstić information content (AvgIpc) is 2.93. The molecule has 2 unspecified atom stereocenters. The molecule has 1 N–H and O–H groups in total. The predicted molar refractivity (Wildman–Crippen MR) is 65.3 cm³/mol. The summed E-state index contributed by atoms with van der Waals surface area (Å²) >= 11 is 0. The van der Waals surface area contributed by atoms with E-state index in [4.69, 9.17) is 0 Å². The molecule has 0 amide bonds. The van der Waals surface area contributed by atoms with Crippen molar-refractivity contribution in [2.45, 2.75) is 43.8 Å². The van der Waals surface area contributed by atoms with Gasteiger partial charge in [0.1, 0.15) is 4.90 Å². The van der Waals surface area contributed by atoms with Crippen LogP contribution in [0.3, 0.4) is 0 Å². The minimum Gasteiger partial charge on any atom is -0.272 e. The molecule has 0 aromatic carbocycles. The molecule has 2 heterocycles. The molecule has 2 atom stereocenters. The fourth-order valence-corrected chi connectivity index (χ4v) is 4.59. The van der Waals surface area contributed by atoms with Gasteiger partial charge in [-0.05, 0) is 18.8 Å². The smallest absolute Gasteiger partial charge is 0.272 e. The first kappa shape index (κ1) is 15.3. The van der Waals surface area contributed by atoms with E-state index in [1.807, 2.05) is 13.8 Å². The summed E-state index contributed by atoms with van der Waals surface area (Å²) in [6, 6.07) is -0.268.